The number of methoxy groups -OCH3 is 1. The zero-order valence-corrected chi connectivity index (χ0v) is 13.7. The van der Waals surface area contributed by atoms with Gasteiger partial charge >= 0.3 is 0 Å². The third-order valence-electron chi connectivity index (χ3n) is 2.66. The van der Waals surface area contributed by atoms with Crippen molar-refractivity contribution in [3.63, 3.8) is 0 Å². The summed E-state index contributed by atoms with van der Waals surface area (Å²) < 4.78 is 6.09. The minimum absolute atomic E-state index is 0.726. The summed E-state index contributed by atoms with van der Waals surface area (Å²) >= 11 is 5.20. The molecule has 1 N–H and O–H groups in total. The van der Waals surface area contributed by atoms with Gasteiger partial charge in [-0.2, -0.15) is 0 Å². The van der Waals surface area contributed by atoms with Crippen LogP contribution >= 0.6 is 27.7 Å². The molecule has 20 heavy (non-hydrogen) atoms. The topological polar surface area (TPSA) is 34.1 Å². The summed E-state index contributed by atoms with van der Waals surface area (Å²) in [5.41, 5.74) is 1.18. The fraction of sp³-hybridized carbons (Fsp3) is 0.267. The van der Waals surface area contributed by atoms with E-state index in [0.29, 0.717) is 0 Å². The molecule has 106 valence electrons. The van der Waals surface area contributed by atoms with Gasteiger partial charge in [-0.3, -0.25) is 0 Å². The van der Waals surface area contributed by atoms with Crippen LogP contribution in [0.2, 0.25) is 0 Å². The van der Waals surface area contributed by atoms with E-state index in [4.69, 9.17) is 4.74 Å². The van der Waals surface area contributed by atoms with Crippen LogP contribution in [-0.4, -0.2) is 25.2 Å². The Hall–Kier alpha value is -0.880. The Labute approximate surface area is 132 Å². The van der Waals surface area contributed by atoms with Crippen molar-refractivity contribution < 1.29 is 4.74 Å². The van der Waals surface area contributed by atoms with E-state index in [1.54, 1.807) is 18.9 Å². The second-order valence-electron chi connectivity index (χ2n) is 4.21. The van der Waals surface area contributed by atoms with Gasteiger partial charge in [0.05, 0.1) is 6.61 Å². The van der Waals surface area contributed by atoms with Gasteiger partial charge in [0.1, 0.15) is 5.03 Å². The lowest BCUT2D eigenvalue weighted by molar-refractivity contribution is 0.199. The second kappa shape index (κ2) is 8.42. The van der Waals surface area contributed by atoms with Crippen LogP contribution in [0.5, 0.6) is 0 Å². The Bertz CT molecular complexity index is 534. The Balaban J connectivity index is 1.90. The van der Waals surface area contributed by atoms with Crippen LogP contribution in [0.3, 0.4) is 0 Å². The molecule has 0 aliphatic carbocycles. The number of benzene rings is 1. The maximum atomic E-state index is 4.99. The summed E-state index contributed by atoms with van der Waals surface area (Å²) in [4.78, 5) is 5.66. The van der Waals surface area contributed by atoms with Crippen LogP contribution in [-0.2, 0) is 11.3 Å². The highest BCUT2D eigenvalue weighted by molar-refractivity contribution is 9.10. The fourth-order valence-corrected chi connectivity index (χ4v) is 2.93. The number of pyridine rings is 1. The molecule has 1 heterocycles. The van der Waals surface area contributed by atoms with Gasteiger partial charge in [0.25, 0.3) is 0 Å². The van der Waals surface area contributed by atoms with Crippen molar-refractivity contribution in [3.05, 3.63) is 52.6 Å². The van der Waals surface area contributed by atoms with E-state index in [1.165, 1.54) is 10.5 Å². The highest BCUT2D eigenvalue weighted by atomic mass is 79.9. The van der Waals surface area contributed by atoms with E-state index in [2.05, 4.69) is 44.4 Å². The molecule has 5 heteroatoms. The van der Waals surface area contributed by atoms with Crippen molar-refractivity contribution in [3.8, 4) is 0 Å². The minimum atomic E-state index is 0.726. The lowest BCUT2D eigenvalue weighted by Crippen LogP contribution is -2.18. The first-order valence-electron chi connectivity index (χ1n) is 6.36. The number of ether oxygens (including phenoxy) is 1. The van der Waals surface area contributed by atoms with Gasteiger partial charge in [0.2, 0.25) is 0 Å². The molecule has 0 fully saturated rings. The number of hydrogen-bond donors (Lipinski definition) is 1. The van der Waals surface area contributed by atoms with E-state index in [-0.39, 0.29) is 0 Å². The van der Waals surface area contributed by atoms with Gasteiger partial charge in [-0.1, -0.05) is 30.0 Å². The molecule has 1 aromatic carbocycles. The SMILES string of the molecule is COCCNCc1ccc(Sc2ccccc2Br)nc1. The Morgan fingerprint density at radius 1 is 1.25 bits per heavy atom. The summed E-state index contributed by atoms with van der Waals surface area (Å²) in [6.45, 7) is 2.39. The van der Waals surface area contributed by atoms with Crippen LogP contribution in [0.25, 0.3) is 0 Å². The van der Waals surface area contributed by atoms with Crippen molar-refractivity contribution in [1.29, 1.82) is 0 Å². The first-order valence-corrected chi connectivity index (χ1v) is 7.97. The standard InChI is InChI=1S/C15H17BrN2OS/c1-19-9-8-17-10-12-6-7-15(18-11-12)20-14-5-3-2-4-13(14)16/h2-7,11,17H,8-10H2,1H3. The van der Waals surface area contributed by atoms with Crippen LogP contribution in [0.4, 0.5) is 0 Å². The number of nitrogens with one attached hydrogen (secondary N) is 1. The zero-order chi connectivity index (χ0) is 14.2. The molecular weight excluding hydrogens is 336 g/mol. The van der Waals surface area contributed by atoms with E-state index in [0.717, 1.165) is 29.2 Å². The Morgan fingerprint density at radius 3 is 2.80 bits per heavy atom. The highest BCUT2D eigenvalue weighted by Gasteiger charge is 2.02. The van der Waals surface area contributed by atoms with Gasteiger partial charge in [-0.15, -0.1) is 0 Å². The summed E-state index contributed by atoms with van der Waals surface area (Å²) in [5.74, 6) is 0. The molecule has 0 aliphatic heterocycles. The lowest BCUT2D eigenvalue weighted by Gasteiger charge is -2.06. The molecule has 3 nitrogen and oxygen atoms in total. The zero-order valence-electron chi connectivity index (χ0n) is 11.3. The molecule has 0 spiro atoms. The normalized spacial score (nSPS) is 10.7. The summed E-state index contributed by atoms with van der Waals surface area (Å²) in [5, 5.41) is 4.30. The Kier molecular flexibility index (Phi) is 6.53. The summed E-state index contributed by atoms with van der Waals surface area (Å²) in [7, 11) is 1.71. The first kappa shape index (κ1) is 15.5. The molecule has 0 atom stereocenters. The number of aromatic nitrogens is 1. The van der Waals surface area contributed by atoms with Crippen molar-refractivity contribution in [2.45, 2.75) is 16.5 Å². The molecule has 0 saturated carbocycles. The molecule has 0 unspecified atom stereocenters. The summed E-state index contributed by atoms with van der Waals surface area (Å²) in [6, 6.07) is 12.3. The van der Waals surface area contributed by atoms with Gasteiger partial charge in [0.15, 0.2) is 0 Å². The predicted molar refractivity (Wildman–Crippen MR) is 86.1 cm³/mol. The van der Waals surface area contributed by atoms with E-state index in [1.807, 2.05) is 24.4 Å². The Morgan fingerprint density at radius 2 is 2.10 bits per heavy atom. The van der Waals surface area contributed by atoms with Crippen LogP contribution in [0, 0.1) is 0 Å². The van der Waals surface area contributed by atoms with Crippen LogP contribution in [0.15, 0.2) is 57.0 Å². The predicted octanol–water partition coefficient (Wildman–Crippen LogP) is 3.73. The van der Waals surface area contributed by atoms with Gasteiger partial charge in [-0.25, -0.2) is 4.98 Å². The van der Waals surface area contributed by atoms with Crippen molar-refractivity contribution in [1.82, 2.24) is 10.3 Å². The van der Waals surface area contributed by atoms with E-state index >= 15 is 0 Å². The molecule has 2 aromatic rings. The smallest absolute Gasteiger partial charge is 0.101 e. The number of hydrogen-bond acceptors (Lipinski definition) is 4. The molecule has 2 rings (SSSR count). The molecule has 0 radical (unpaired) electrons. The molecule has 0 bridgehead atoms. The van der Waals surface area contributed by atoms with Gasteiger partial charge in [-0.05, 0) is 39.7 Å². The third-order valence-corrected chi connectivity index (χ3v) is 4.64. The fourth-order valence-electron chi connectivity index (χ4n) is 1.62. The lowest BCUT2D eigenvalue weighted by atomic mass is 10.3. The third kappa shape index (κ3) is 4.90. The molecule has 1 aromatic heterocycles. The minimum Gasteiger partial charge on any atom is -0.383 e. The maximum absolute atomic E-state index is 4.99. The van der Waals surface area contributed by atoms with Crippen molar-refractivity contribution in [2.75, 3.05) is 20.3 Å². The van der Waals surface area contributed by atoms with Gasteiger partial charge < -0.3 is 10.1 Å². The van der Waals surface area contributed by atoms with Crippen LogP contribution < -0.4 is 5.32 Å². The molecule has 0 aliphatic rings. The number of nitrogens with zero attached hydrogens (tertiary/aromatic N) is 1. The van der Waals surface area contributed by atoms with Crippen molar-refractivity contribution >= 4 is 27.7 Å². The largest absolute Gasteiger partial charge is 0.383 e. The second-order valence-corrected chi connectivity index (χ2v) is 6.12. The quantitative estimate of drug-likeness (QED) is 0.769. The molecule has 0 amide bonds. The number of halogens is 1. The average Bonchev–Trinajstić information content (AvgIpc) is 2.48. The molecule has 0 saturated heterocycles. The van der Waals surface area contributed by atoms with Crippen molar-refractivity contribution in [2.24, 2.45) is 0 Å². The molecular formula is C15H17BrN2OS. The highest BCUT2D eigenvalue weighted by Crippen LogP contribution is 2.31. The maximum Gasteiger partial charge on any atom is 0.101 e. The van der Waals surface area contributed by atoms with Crippen LogP contribution in [0.1, 0.15) is 5.56 Å². The van der Waals surface area contributed by atoms with Gasteiger partial charge in [0, 0.05) is 35.8 Å². The average molecular weight is 353 g/mol. The van der Waals surface area contributed by atoms with E-state index in [9.17, 15) is 0 Å². The first-order chi connectivity index (χ1) is 9.79. The number of rotatable bonds is 7. The summed E-state index contributed by atoms with van der Waals surface area (Å²) in [6.07, 6.45) is 1.92. The van der Waals surface area contributed by atoms with E-state index < -0.39 is 0 Å². The monoisotopic (exact) mass is 352 g/mol.